The molecule has 71 heavy (non-hydrogen) atoms. The highest BCUT2D eigenvalue weighted by atomic mass is 15.3. The number of aromatic nitrogens is 8. The van der Waals surface area contributed by atoms with Gasteiger partial charge in [-0.3, -0.25) is 14.3 Å². The van der Waals surface area contributed by atoms with Gasteiger partial charge in [0.05, 0.1) is 56.2 Å². The van der Waals surface area contributed by atoms with Gasteiger partial charge in [0.25, 0.3) is 0 Å². The van der Waals surface area contributed by atoms with Crippen LogP contribution in [-0.4, -0.2) is 75.1 Å². The van der Waals surface area contributed by atoms with Crippen molar-refractivity contribution in [1.82, 2.24) is 54.3 Å². The molecule has 3 unspecified atom stereocenters. The minimum atomic E-state index is 0.327. The Morgan fingerprint density at radius 2 is 1.24 bits per heavy atom. The molecule has 1 saturated carbocycles. The van der Waals surface area contributed by atoms with Gasteiger partial charge >= 0.3 is 0 Å². The molecule has 6 aromatic rings. The van der Waals surface area contributed by atoms with Gasteiger partial charge < -0.3 is 42.1 Å². The normalized spacial score (nSPS) is 19.1. The smallest absolute Gasteiger partial charge is 0.208 e. The zero-order valence-corrected chi connectivity index (χ0v) is 42.2. The zero-order valence-electron chi connectivity index (χ0n) is 42.2. The lowest BCUT2D eigenvalue weighted by molar-refractivity contribution is 0.106. The van der Waals surface area contributed by atoms with Crippen molar-refractivity contribution in [2.75, 3.05) is 30.3 Å². The third-order valence-corrected chi connectivity index (χ3v) is 14.7. The number of hydrazine groups is 1. The van der Waals surface area contributed by atoms with Crippen molar-refractivity contribution in [1.29, 1.82) is 0 Å². The van der Waals surface area contributed by atoms with E-state index in [0.29, 0.717) is 62.1 Å². The van der Waals surface area contributed by atoms with Crippen molar-refractivity contribution in [2.24, 2.45) is 34.4 Å². The highest BCUT2D eigenvalue weighted by molar-refractivity contribution is 5.89. The summed E-state index contributed by atoms with van der Waals surface area (Å²) in [7, 11) is 0. The number of allylic oxidation sites excluding steroid dienone is 2. The number of nitrogens with one attached hydrogen (secondary N) is 4. The average molecular weight is 960 g/mol. The van der Waals surface area contributed by atoms with Gasteiger partial charge in [0.2, 0.25) is 11.9 Å². The maximum Gasteiger partial charge on any atom is 0.208 e. The van der Waals surface area contributed by atoms with Gasteiger partial charge in [0.15, 0.2) is 0 Å². The number of hydrazone groups is 1. The van der Waals surface area contributed by atoms with Crippen LogP contribution in [0.25, 0.3) is 44.9 Å². The Bertz CT molecular complexity index is 3030. The van der Waals surface area contributed by atoms with Gasteiger partial charge in [-0.1, -0.05) is 38.5 Å². The molecular formula is C54H73N17. The molecule has 9 rings (SSSR count). The van der Waals surface area contributed by atoms with Crippen LogP contribution < -0.4 is 38.8 Å². The third kappa shape index (κ3) is 10.4. The van der Waals surface area contributed by atoms with Crippen LogP contribution in [0.3, 0.4) is 0 Å². The maximum absolute atomic E-state index is 6.50. The van der Waals surface area contributed by atoms with Crippen LogP contribution in [0.5, 0.6) is 0 Å². The van der Waals surface area contributed by atoms with Crippen molar-refractivity contribution < 1.29 is 0 Å². The van der Waals surface area contributed by atoms with E-state index < -0.39 is 0 Å². The van der Waals surface area contributed by atoms with E-state index in [4.69, 9.17) is 37.6 Å². The number of likely N-dealkylation sites (tertiary alicyclic amines) is 1. The van der Waals surface area contributed by atoms with Crippen LogP contribution in [0.2, 0.25) is 0 Å². The summed E-state index contributed by atoms with van der Waals surface area (Å²) in [4.78, 5) is 13.5. The Balaban J connectivity index is 1.16. The van der Waals surface area contributed by atoms with Crippen LogP contribution in [0.15, 0.2) is 80.0 Å². The van der Waals surface area contributed by atoms with E-state index in [-0.39, 0.29) is 0 Å². The molecule has 1 aliphatic carbocycles. The SMILES string of the molecule is C=C(N)c1cc2c3c(c1)nc(NC(=C)c1cc(C)nn1CC)n3C/C=C/Cn1c(NC(=C)c3cc(C)nn3CC)nc3cc(C(=C)NCCC/C(=N/N)NN)cc(c31)CCC(N1CC3CCC(C3)C1)CC2. The molecule has 17 nitrogen and oxygen atoms in total. The van der Waals surface area contributed by atoms with Gasteiger partial charge in [-0.25, -0.2) is 15.8 Å². The first-order valence-corrected chi connectivity index (χ1v) is 25.4. The lowest BCUT2D eigenvalue weighted by Crippen LogP contribution is -2.44. The molecule has 0 radical (unpaired) electrons. The van der Waals surface area contributed by atoms with E-state index in [1.54, 1.807) is 0 Å². The number of benzene rings is 2. The zero-order chi connectivity index (χ0) is 49.9. The van der Waals surface area contributed by atoms with Crippen LogP contribution >= 0.6 is 0 Å². The molecule has 0 amide bonds. The molecule has 1 saturated heterocycles. The molecule has 2 bridgehead atoms. The molecule has 17 heteroatoms. The van der Waals surface area contributed by atoms with E-state index in [0.717, 1.165) is 137 Å². The summed E-state index contributed by atoms with van der Waals surface area (Å²) in [5.74, 6) is 14.6. The van der Waals surface area contributed by atoms with Crippen LogP contribution in [0.1, 0.15) is 104 Å². The molecular weight excluding hydrogens is 887 g/mol. The van der Waals surface area contributed by atoms with Gasteiger partial charge in [-0.15, -0.1) is 0 Å². The second-order valence-electron chi connectivity index (χ2n) is 19.7. The summed E-state index contributed by atoms with van der Waals surface area (Å²) < 4.78 is 8.55. The summed E-state index contributed by atoms with van der Waals surface area (Å²) in [5.41, 5.74) is 23.9. The first-order chi connectivity index (χ1) is 34.3. The fraction of sp³-hybridized carbons (Fsp3) is 0.426. The fourth-order valence-electron chi connectivity index (χ4n) is 11.3. The van der Waals surface area contributed by atoms with Crippen molar-refractivity contribution in [3.8, 4) is 0 Å². The maximum atomic E-state index is 6.50. The number of nitrogens with zero attached hydrogens (tertiary/aromatic N) is 10. The second kappa shape index (κ2) is 21.1. The van der Waals surface area contributed by atoms with E-state index >= 15 is 0 Å². The molecule has 3 aliphatic rings. The minimum Gasteiger partial charge on any atom is -0.399 e. The van der Waals surface area contributed by atoms with Crippen molar-refractivity contribution in [2.45, 2.75) is 118 Å². The molecule has 10 N–H and O–H groups in total. The Labute approximate surface area is 417 Å². The Morgan fingerprint density at radius 3 is 1.73 bits per heavy atom. The first kappa shape index (κ1) is 48.9. The average Bonchev–Trinajstić information content (AvgIpc) is 4.18. The summed E-state index contributed by atoms with van der Waals surface area (Å²) in [5, 5.41) is 24.1. The Hall–Kier alpha value is -7.11. The molecule has 2 aliphatic heterocycles. The van der Waals surface area contributed by atoms with Crippen LogP contribution in [0.4, 0.5) is 11.9 Å². The molecule has 0 spiro atoms. The Kier molecular flexibility index (Phi) is 14.5. The number of aryl methyl sites for hydroxylation is 6. The summed E-state index contributed by atoms with van der Waals surface area (Å²) in [6, 6.07) is 13.3. The van der Waals surface area contributed by atoms with Gasteiger partial charge in [-0.05, 0) is 150 Å². The number of anilines is 2. The number of amidine groups is 1. The largest absolute Gasteiger partial charge is 0.399 e. The van der Waals surface area contributed by atoms with E-state index in [1.165, 1.54) is 30.4 Å². The minimum absolute atomic E-state index is 0.327. The van der Waals surface area contributed by atoms with E-state index in [9.17, 15) is 0 Å². The number of hydrogen-bond acceptors (Lipinski definition) is 12. The van der Waals surface area contributed by atoms with Crippen molar-refractivity contribution >= 4 is 62.6 Å². The van der Waals surface area contributed by atoms with E-state index in [2.05, 4.69) is 129 Å². The first-order valence-electron chi connectivity index (χ1n) is 25.4. The van der Waals surface area contributed by atoms with Crippen LogP contribution in [-0.2, 0) is 39.0 Å². The number of fused-ring (bicyclic) bond motifs is 2. The van der Waals surface area contributed by atoms with Gasteiger partial charge in [-0.2, -0.15) is 15.3 Å². The highest BCUT2D eigenvalue weighted by Crippen LogP contribution is 2.39. The number of nitrogens with two attached hydrogens (primary N) is 3. The predicted octanol–water partition coefficient (Wildman–Crippen LogP) is 7.84. The Morgan fingerprint density at radius 1 is 0.718 bits per heavy atom. The van der Waals surface area contributed by atoms with Crippen molar-refractivity contribution in [3.63, 3.8) is 0 Å². The highest BCUT2D eigenvalue weighted by Gasteiger charge is 2.36. The molecule has 6 heterocycles. The standard InChI is InChI=1S/C54H73N17/c1-9-70-48(24-33(3)65-70)37(7)59-53-61-46-29-43(35(5)55)27-41-17-19-45(67-31-39-15-16-40(26-39)32-67)20-18-42-28-44(36(6)58-21-13-14-50(63-56)64-57)30-47-52(42)69(23-12-11-22-68(53)51(41)46)54(62-47)60-38(8)49-25-34(4)66-71(49)10-2/h11-12,24-25,27-30,39-40,45,58H,5-10,13-23,26,31-32,55-57H2,1-4H3,(H,59,61)(H,60,62)(H,63,64)/b12-11+. The second-order valence-corrected chi connectivity index (χ2v) is 19.7. The summed E-state index contributed by atoms with van der Waals surface area (Å²) >= 11 is 0. The number of hydrogen-bond donors (Lipinski definition) is 7. The topological polar surface area (TPSA) is 213 Å². The predicted molar refractivity (Wildman–Crippen MR) is 290 cm³/mol. The van der Waals surface area contributed by atoms with Crippen molar-refractivity contribution in [3.05, 3.63) is 120 Å². The summed E-state index contributed by atoms with van der Waals surface area (Å²) in [6.07, 6.45) is 13.5. The molecule has 2 fully saturated rings. The number of imidazole rings is 2. The van der Waals surface area contributed by atoms with Gasteiger partial charge in [0, 0.05) is 69.7 Å². The lowest BCUT2D eigenvalue weighted by atomic mass is 9.91. The summed E-state index contributed by atoms with van der Waals surface area (Å²) in [6.45, 7) is 31.4. The quantitative estimate of drug-likeness (QED) is 0.0124. The lowest BCUT2D eigenvalue weighted by Gasteiger charge is -2.38. The van der Waals surface area contributed by atoms with E-state index in [1.807, 2.05) is 23.2 Å². The fourth-order valence-corrected chi connectivity index (χ4v) is 11.3. The molecule has 3 atom stereocenters. The number of rotatable bonds is 16. The number of piperidine rings is 1. The molecule has 2 aromatic carbocycles. The van der Waals surface area contributed by atoms with Gasteiger partial charge in [0.1, 0.15) is 5.84 Å². The van der Waals surface area contributed by atoms with Crippen LogP contribution in [0, 0.1) is 25.7 Å². The third-order valence-electron chi connectivity index (χ3n) is 14.7. The molecule has 374 valence electrons. The molecule has 4 aromatic heterocycles. The monoisotopic (exact) mass is 960 g/mol.